The van der Waals surface area contributed by atoms with Gasteiger partial charge in [0.1, 0.15) is 0 Å². The van der Waals surface area contributed by atoms with E-state index in [9.17, 15) is 9.59 Å². The Morgan fingerprint density at radius 2 is 1.12 bits per heavy atom. The number of hydrogen-bond donors (Lipinski definition) is 1. The summed E-state index contributed by atoms with van der Waals surface area (Å²) in [6.07, 6.45) is 6.41. The zero-order valence-corrected chi connectivity index (χ0v) is 19.3. The second-order valence-corrected chi connectivity index (χ2v) is 8.88. The van der Waals surface area contributed by atoms with Crippen molar-refractivity contribution in [3.05, 3.63) is 83.9 Å². The number of para-hydroxylation sites is 2. The first-order valence-corrected chi connectivity index (χ1v) is 12.2. The summed E-state index contributed by atoms with van der Waals surface area (Å²) in [6.45, 7) is 1.43. The molecule has 1 aliphatic rings. The predicted octanol–water partition coefficient (Wildman–Crippen LogP) is 6.44. The molecule has 2 heterocycles. The molecule has 5 nitrogen and oxygen atoms in total. The molecule has 1 aliphatic heterocycles. The van der Waals surface area contributed by atoms with Gasteiger partial charge < -0.3 is 5.32 Å². The van der Waals surface area contributed by atoms with E-state index in [0.717, 1.165) is 66.9 Å². The van der Waals surface area contributed by atoms with Crippen LogP contribution < -0.4 is 5.32 Å². The van der Waals surface area contributed by atoms with Gasteiger partial charge in [-0.3, -0.25) is 14.5 Å². The summed E-state index contributed by atoms with van der Waals surface area (Å²) in [5.74, 6) is -0.300. The average molecular weight is 452 g/mol. The highest BCUT2D eigenvalue weighted by Gasteiger charge is 2.34. The lowest BCUT2D eigenvalue weighted by atomic mass is 10.1. The SMILES string of the molecule is O=C1c2ccccc2C(=O)N1CCCCCCCCNc1c2ccccc2nc2ccccc12. The van der Waals surface area contributed by atoms with Gasteiger partial charge in [-0.05, 0) is 37.1 Å². The molecule has 1 aromatic heterocycles. The average Bonchev–Trinajstić information content (AvgIpc) is 3.12. The van der Waals surface area contributed by atoms with Crippen molar-refractivity contribution in [1.82, 2.24) is 9.88 Å². The summed E-state index contributed by atoms with van der Waals surface area (Å²) in [7, 11) is 0. The first kappa shape index (κ1) is 22.1. The first-order chi connectivity index (χ1) is 16.7. The fourth-order valence-electron chi connectivity index (χ4n) is 4.79. The summed E-state index contributed by atoms with van der Waals surface area (Å²) in [6, 6.07) is 23.7. The first-order valence-electron chi connectivity index (χ1n) is 12.2. The summed E-state index contributed by atoms with van der Waals surface area (Å²) >= 11 is 0. The van der Waals surface area contributed by atoms with Crippen LogP contribution in [0.25, 0.3) is 21.8 Å². The van der Waals surface area contributed by atoms with E-state index in [1.54, 1.807) is 12.1 Å². The minimum absolute atomic E-state index is 0.150. The molecule has 34 heavy (non-hydrogen) atoms. The van der Waals surface area contributed by atoms with Gasteiger partial charge in [-0.15, -0.1) is 0 Å². The van der Waals surface area contributed by atoms with Gasteiger partial charge in [0.2, 0.25) is 0 Å². The van der Waals surface area contributed by atoms with Crippen molar-refractivity contribution in [2.24, 2.45) is 0 Å². The van der Waals surface area contributed by atoms with Gasteiger partial charge in [-0.25, -0.2) is 4.98 Å². The Morgan fingerprint density at radius 3 is 1.74 bits per heavy atom. The molecular weight excluding hydrogens is 422 g/mol. The largest absolute Gasteiger partial charge is 0.384 e. The van der Waals surface area contributed by atoms with Crippen LogP contribution in [0.3, 0.4) is 0 Å². The van der Waals surface area contributed by atoms with Crippen LogP contribution in [0, 0.1) is 0 Å². The van der Waals surface area contributed by atoms with Crippen molar-refractivity contribution in [3.8, 4) is 0 Å². The van der Waals surface area contributed by atoms with Gasteiger partial charge in [0.15, 0.2) is 0 Å². The highest BCUT2D eigenvalue weighted by Crippen LogP contribution is 2.30. The maximum atomic E-state index is 12.4. The van der Waals surface area contributed by atoms with E-state index >= 15 is 0 Å². The monoisotopic (exact) mass is 451 g/mol. The normalized spacial score (nSPS) is 13.1. The van der Waals surface area contributed by atoms with Crippen LogP contribution in [0.2, 0.25) is 0 Å². The fourth-order valence-corrected chi connectivity index (χ4v) is 4.79. The van der Waals surface area contributed by atoms with E-state index in [2.05, 4.69) is 41.7 Å². The molecule has 0 unspecified atom stereocenters. The number of hydrogen-bond acceptors (Lipinski definition) is 4. The van der Waals surface area contributed by atoms with Crippen LogP contribution in [-0.2, 0) is 0 Å². The Kier molecular flexibility index (Phi) is 6.52. The Bertz CT molecular complexity index is 1260. The second kappa shape index (κ2) is 10.0. The summed E-state index contributed by atoms with van der Waals surface area (Å²) in [5, 5.41) is 5.99. The predicted molar refractivity (Wildman–Crippen MR) is 137 cm³/mol. The molecule has 4 aromatic rings. The Hall–Kier alpha value is -3.73. The van der Waals surface area contributed by atoms with Gasteiger partial charge in [-0.2, -0.15) is 0 Å². The molecule has 0 bridgehead atoms. The van der Waals surface area contributed by atoms with Gasteiger partial charge >= 0.3 is 0 Å². The van der Waals surface area contributed by atoms with Gasteiger partial charge in [0.25, 0.3) is 11.8 Å². The molecule has 5 heteroatoms. The number of unbranched alkanes of at least 4 members (excludes halogenated alkanes) is 5. The zero-order chi connectivity index (χ0) is 23.3. The number of nitrogens with zero attached hydrogens (tertiary/aromatic N) is 2. The molecular formula is C29H29N3O2. The number of benzene rings is 3. The lowest BCUT2D eigenvalue weighted by Gasteiger charge is -2.14. The van der Waals surface area contributed by atoms with Crippen LogP contribution >= 0.6 is 0 Å². The Balaban J connectivity index is 1.05. The molecule has 172 valence electrons. The molecule has 0 atom stereocenters. The number of anilines is 1. The van der Waals surface area contributed by atoms with Crippen molar-refractivity contribution < 1.29 is 9.59 Å². The number of rotatable bonds is 10. The van der Waals surface area contributed by atoms with E-state index in [1.165, 1.54) is 10.6 Å². The summed E-state index contributed by atoms with van der Waals surface area (Å²) in [5.41, 5.74) is 4.27. The molecule has 0 aliphatic carbocycles. The van der Waals surface area contributed by atoms with E-state index in [4.69, 9.17) is 4.98 Å². The highest BCUT2D eigenvalue weighted by atomic mass is 16.2. The van der Waals surface area contributed by atoms with Gasteiger partial charge in [0, 0.05) is 23.9 Å². The Labute approximate surface area is 199 Å². The minimum atomic E-state index is -0.150. The molecule has 3 aromatic carbocycles. The molecule has 0 saturated carbocycles. The number of carbonyl (C=O) groups is 2. The third-order valence-corrected chi connectivity index (χ3v) is 6.58. The molecule has 1 N–H and O–H groups in total. The van der Waals surface area contributed by atoms with Crippen LogP contribution in [0.15, 0.2) is 72.8 Å². The smallest absolute Gasteiger partial charge is 0.261 e. The third kappa shape index (κ3) is 4.38. The summed E-state index contributed by atoms with van der Waals surface area (Å²) < 4.78 is 0. The van der Waals surface area contributed by atoms with Crippen molar-refractivity contribution in [1.29, 1.82) is 0 Å². The van der Waals surface area contributed by atoms with Crippen molar-refractivity contribution in [2.75, 3.05) is 18.4 Å². The molecule has 0 fully saturated rings. The van der Waals surface area contributed by atoms with Crippen LogP contribution in [0.1, 0.15) is 59.2 Å². The maximum absolute atomic E-state index is 12.4. The topological polar surface area (TPSA) is 62.3 Å². The maximum Gasteiger partial charge on any atom is 0.261 e. The van der Waals surface area contributed by atoms with Crippen LogP contribution in [-0.4, -0.2) is 34.8 Å². The van der Waals surface area contributed by atoms with Crippen LogP contribution in [0.4, 0.5) is 5.69 Å². The van der Waals surface area contributed by atoms with Crippen molar-refractivity contribution >= 4 is 39.3 Å². The third-order valence-electron chi connectivity index (χ3n) is 6.58. The van der Waals surface area contributed by atoms with E-state index in [0.29, 0.717) is 17.7 Å². The number of pyridine rings is 1. The van der Waals surface area contributed by atoms with Gasteiger partial charge in [-0.1, -0.05) is 74.2 Å². The minimum Gasteiger partial charge on any atom is -0.384 e. The fraction of sp³-hybridized carbons (Fsp3) is 0.276. The van der Waals surface area contributed by atoms with E-state index in [-0.39, 0.29) is 11.8 Å². The number of carbonyl (C=O) groups excluding carboxylic acids is 2. The Morgan fingerprint density at radius 1 is 0.618 bits per heavy atom. The molecule has 0 saturated heterocycles. The number of fused-ring (bicyclic) bond motifs is 3. The number of nitrogens with one attached hydrogen (secondary N) is 1. The number of amides is 2. The molecule has 0 radical (unpaired) electrons. The number of aromatic nitrogens is 1. The van der Waals surface area contributed by atoms with Crippen LogP contribution in [0.5, 0.6) is 0 Å². The highest BCUT2D eigenvalue weighted by molar-refractivity contribution is 6.21. The standard InChI is InChI=1S/C29H29N3O2/c33-28-21-13-5-6-14-22(21)29(34)32(28)20-12-4-2-1-3-11-19-30-27-23-15-7-9-17-25(23)31-26-18-10-8-16-24(26)27/h5-10,13-18H,1-4,11-12,19-20H2,(H,30,31). The van der Waals surface area contributed by atoms with E-state index < -0.39 is 0 Å². The lowest BCUT2D eigenvalue weighted by molar-refractivity contribution is 0.0651. The second-order valence-electron chi connectivity index (χ2n) is 8.88. The molecule has 5 rings (SSSR count). The number of imide groups is 1. The summed E-state index contributed by atoms with van der Waals surface area (Å²) in [4.78, 5) is 31.0. The molecule has 0 spiro atoms. The molecule has 2 amide bonds. The zero-order valence-electron chi connectivity index (χ0n) is 19.3. The van der Waals surface area contributed by atoms with Crippen molar-refractivity contribution in [3.63, 3.8) is 0 Å². The van der Waals surface area contributed by atoms with Crippen molar-refractivity contribution in [2.45, 2.75) is 38.5 Å². The van der Waals surface area contributed by atoms with Gasteiger partial charge in [0.05, 0.1) is 27.8 Å². The van der Waals surface area contributed by atoms with E-state index in [1.807, 2.05) is 24.3 Å². The quantitative estimate of drug-likeness (QED) is 0.171. The lowest BCUT2D eigenvalue weighted by Crippen LogP contribution is -2.30.